The second kappa shape index (κ2) is 7.66. The van der Waals surface area contributed by atoms with Crippen molar-refractivity contribution >= 4 is 5.91 Å². The Morgan fingerprint density at radius 1 is 1.29 bits per heavy atom. The Labute approximate surface area is 145 Å². The third kappa shape index (κ3) is 4.17. The van der Waals surface area contributed by atoms with Crippen molar-refractivity contribution in [2.45, 2.75) is 50.7 Å². The first-order valence-corrected chi connectivity index (χ1v) is 9.22. The molecule has 0 saturated carbocycles. The van der Waals surface area contributed by atoms with Crippen molar-refractivity contribution < 1.29 is 9.53 Å². The van der Waals surface area contributed by atoms with Gasteiger partial charge in [0.1, 0.15) is 0 Å². The van der Waals surface area contributed by atoms with E-state index in [0.29, 0.717) is 6.04 Å². The predicted octanol–water partition coefficient (Wildman–Crippen LogP) is 2.72. The van der Waals surface area contributed by atoms with Crippen molar-refractivity contribution in [3.05, 3.63) is 35.9 Å². The second-order valence-electron chi connectivity index (χ2n) is 7.39. The number of carbonyl (C=O) groups excluding carboxylic acids is 1. The third-order valence-corrected chi connectivity index (χ3v) is 5.84. The molecule has 0 unspecified atom stereocenters. The molecule has 2 aliphatic heterocycles. The Morgan fingerprint density at radius 3 is 2.67 bits per heavy atom. The summed E-state index contributed by atoms with van der Waals surface area (Å²) >= 11 is 0. The van der Waals surface area contributed by atoms with Gasteiger partial charge in [0.05, 0.1) is 5.60 Å². The fourth-order valence-electron chi connectivity index (χ4n) is 4.05. The van der Waals surface area contributed by atoms with E-state index in [9.17, 15) is 4.79 Å². The quantitative estimate of drug-likeness (QED) is 0.851. The van der Waals surface area contributed by atoms with Gasteiger partial charge < -0.3 is 14.5 Å². The van der Waals surface area contributed by atoms with Gasteiger partial charge in [0, 0.05) is 46.3 Å². The fourth-order valence-corrected chi connectivity index (χ4v) is 4.05. The zero-order valence-electron chi connectivity index (χ0n) is 15.0. The molecule has 132 valence electrons. The molecule has 1 aromatic carbocycles. The summed E-state index contributed by atoms with van der Waals surface area (Å²) in [7, 11) is 1.93. The lowest BCUT2D eigenvalue weighted by atomic mass is 9.82. The summed E-state index contributed by atoms with van der Waals surface area (Å²) in [5, 5.41) is 0. The monoisotopic (exact) mass is 330 g/mol. The fraction of sp³-hybridized carbons (Fsp3) is 0.650. The highest BCUT2D eigenvalue weighted by Gasteiger charge is 2.41. The second-order valence-corrected chi connectivity index (χ2v) is 7.39. The van der Waals surface area contributed by atoms with E-state index in [0.717, 1.165) is 58.3 Å². The maximum absolute atomic E-state index is 11.7. The number of rotatable bonds is 4. The maximum Gasteiger partial charge on any atom is 0.219 e. The summed E-state index contributed by atoms with van der Waals surface area (Å²) in [5.74, 6) is 0.164. The molecule has 2 saturated heterocycles. The molecule has 0 aliphatic carbocycles. The van der Waals surface area contributed by atoms with E-state index >= 15 is 0 Å². The minimum absolute atomic E-state index is 0.00409. The summed E-state index contributed by atoms with van der Waals surface area (Å²) in [6.45, 7) is 5.77. The lowest BCUT2D eigenvalue weighted by Crippen LogP contribution is -2.53. The number of likely N-dealkylation sites (tertiary alicyclic amines) is 1. The summed E-state index contributed by atoms with van der Waals surface area (Å²) in [5.41, 5.74) is 1.41. The molecule has 4 heteroatoms. The molecular formula is C20H30N2O2. The maximum atomic E-state index is 11.7. The molecule has 1 amide bonds. The predicted molar refractivity (Wildman–Crippen MR) is 96.0 cm³/mol. The van der Waals surface area contributed by atoms with Crippen LogP contribution in [0.25, 0.3) is 0 Å². The molecule has 4 nitrogen and oxygen atoms in total. The van der Waals surface area contributed by atoms with E-state index in [1.165, 1.54) is 5.56 Å². The van der Waals surface area contributed by atoms with Gasteiger partial charge in [0.2, 0.25) is 5.91 Å². The largest absolute Gasteiger partial charge is 0.375 e. The van der Waals surface area contributed by atoms with E-state index in [-0.39, 0.29) is 11.5 Å². The summed E-state index contributed by atoms with van der Waals surface area (Å²) in [6, 6.07) is 11.1. The van der Waals surface area contributed by atoms with Crippen molar-refractivity contribution in [2.24, 2.45) is 0 Å². The Hall–Kier alpha value is -1.39. The van der Waals surface area contributed by atoms with Crippen LogP contribution in [-0.4, -0.2) is 60.6 Å². The summed E-state index contributed by atoms with van der Waals surface area (Å²) in [4.78, 5) is 16.1. The molecular weight excluding hydrogens is 300 g/mol. The van der Waals surface area contributed by atoms with Gasteiger partial charge in [-0.2, -0.15) is 0 Å². The lowest BCUT2D eigenvalue weighted by Gasteiger charge is -2.47. The van der Waals surface area contributed by atoms with E-state index < -0.39 is 0 Å². The molecule has 2 fully saturated rings. The van der Waals surface area contributed by atoms with Crippen LogP contribution in [0.5, 0.6) is 0 Å². The number of hydrogen-bond acceptors (Lipinski definition) is 3. The van der Waals surface area contributed by atoms with E-state index in [1.807, 2.05) is 11.9 Å². The Balaban J connectivity index is 1.49. The molecule has 1 spiro atoms. The van der Waals surface area contributed by atoms with Crippen LogP contribution in [0, 0.1) is 0 Å². The highest BCUT2D eigenvalue weighted by atomic mass is 16.5. The summed E-state index contributed by atoms with van der Waals surface area (Å²) in [6.07, 6.45) is 5.25. The zero-order valence-corrected chi connectivity index (χ0v) is 15.0. The zero-order chi connectivity index (χ0) is 17.0. The number of amides is 1. The molecule has 24 heavy (non-hydrogen) atoms. The van der Waals surface area contributed by atoms with Crippen LogP contribution >= 0.6 is 0 Å². The highest BCUT2D eigenvalue weighted by molar-refractivity contribution is 5.73. The number of carbonyl (C=O) groups is 1. The molecule has 1 aromatic rings. The number of nitrogens with zero attached hydrogens (tertiary/aromatic N) is 2. The van der Waals surface area contributed by atoms with Crippen molar-refractivity contribution in [1.82, 2.24) is 9.80 Å². The third-order valence-electron chi connectivity index (χ3n) is 5.84. The minimum atomic E-state index is -0.00409. The van der Waals surface area contributed by atoms with Crippen LogP contribution in [0.2, 0.25) is 0 Å². The van der Waals surface area contributed by atoms with Crippen molar-refractivity contribution in [2.75, 3.05) is 33.3 Å². The molecule has 3 rings (SSSR count). The normalized spacial score (nSPS) is 24.0. The standard InChI is InChI=1S/C20H30N2O2/c1-17(23)21(2)19-9-15-24-20(16-19)10-13-22(14-11-20)12-8-18-6-4-3-5-7-18/h3-7,19H,8-16H2,1-2H3/t19-/m0/s1. The lowest BCUT2D eigenvalue weighted by molar-refractivity contribution is -0.146. The Bertz CT molecular complexity index is 538. The van der Waals surface area contributed by atoms with Gasteiger partial charge in [-0.3, -0.25) is 4.79 Å². The first kappa shape index (κ1) is 17.4. The Morgan fingerprint density at radius 2 is 2.00 bits per heavy atom. The number of piperidine rings is 1. The minimum Gasteiger partial charge on any atom is -0.375 e. The van der Waals surface area contributed by atoms with Gasteiger partial charge in [-0.15, -0.1) is 0 Å². The number of hydrogen-bond donors (Lipinski definition) is 0. The first-order chi connectivity index (χ1) is 11.6. The van der Waals surface area contributed by atoms with E-state index in [4.69, 9.17) is 4.74 Å². The molecule has 2 heterocycles. The number of ether oxygens (including phenoxy) is 1. The van der Waals surface area contributed by atoms with Crippen molar-refractivity contribution in [3.8, 4) is 0 Å². The smallest absolute Gasteiger partial charge is 0.219 e. The molecule has 1 atom stereocenters. The molecule has 0 N–H and O–H groups in total. The van der Waals surface area contributed by atoms with Crippen LogP contribution < -0.4 is 0 Å². The topological polar surface area (TPSA) is 32.8 Å². The average Bonchev–Trinajstić information content (AvgIpc) is 2.61. The van der Waals surface area contributed by atoms with E-state index in [2.05, 4.69) is 35.2 Å². The number of benzene rings is 1. The molecule has 2 aliphatic rings. The average molecular weight is 330 g/mol. The SMILES string of the molecule is CC(=O)N(C)[C@H]1CCOC2(CCN(CCc3ccccc3)CC2)C1. The van der Waals surface area contributed by atoms with Crippen molar-refractivity contribution in [3.63, 3.8) is 0 Å². The molecule has 0 bridgehead atoms. The molecule has 0 aromatic heterocycles. The van der Waals surface area contributed by atoms with Crippen LogP contribution in [0.3, 0.4) is 0 Å². The highest BCUT2D eigenvalue weighted by Crippen LogP contribution is 2.36. The van der Waals surface area contributed by atoms with Gasteiger partial charge >= 0.3 is 0 Å². The van der Waals surface area contributed by atoms with E-state index in [1.54, 1.807) is 6.92 Å². The van der Waals surface area contributed by atoms with Crippen LogP contribution in [-0.2, 0) is 16.0 Å². The molecule has 0 radical (unpaired) electrons. The van der Waals surface area contributed by atoms with Gasteiger partial charge in [-0.05, 0) is 37.7 Å². The summed E-state index contributed by atoms with van der Waals surface area (Å²) < 4.78 is 6.21. The van der Waals surface area contributed by atoms with Gasteiger partial charge in [0.15, 0.2) is 0 Å². The first-order valence-electron chi connectivity index (χ1n) is 9.22. The Kier molecular flexibility index (Phi) is 5.57. The van der Waals surface area contributed by atoms with Gasteiger partial charge in [0.25, 0.3) is 0 Å². The van der Waals surface area contributed by atoms with Crippen LogP contribution in [0.15, 0.2) is 30.3 Å². The van der Waals surface area contributed by atoms with Crippen LogP contribution in [0.4, 0.5) is 0 Å². The van der Waals surface area contributed by atoms with Crippen molar-refractivity contribution in [1.29, 1.82) is 0 Å². The van der Waals surface area contributed by atoms with Crippen LogP contribution in [0.1, 0.15) is 38.2 Å². The van der Waals surface area contributed by atoms with Gasteiger partial charge in [-0.25, -0.2) is 0 Å². The van der Waals surface area contributed by atoms with Gasteiger partial charge in [-0.1, -0.05) is 30.3 Å².